The number of carboxylic acids is 2. The molecule has 0 aliphatic heterocycles. The van der Waals surface area contributed by atoms with Crippen LogP contribution in [0.3, 0.4) is 0 Å². The summed E-state index contributed by atoms with van der Waals surface area (Å²) in [5.41, 5.74) is 8.50. The summed E-state index contributed by atoms with van der Waals surface area (Å²) < 4.78 is 0. The zero-order valence-electron chi connectivity index (χ0n) is 30.0. The van der Waals surface area contributed by atoms with E-state index in [1.165, 1.54) is 167 Å². The molecule has 0 aliphatic rings. The Kier molecular flexibility index (Phi) is 53.2. The number of unbranched alkanes of at least 4 members (excludes halogenated alkanes) is 28. The molecule has 8 heteroatoms. The molecule has 4 N–H and O–H groups in total. The molecule has 0 atom stereocenters. The Bertz CT molecular complexity index is 545. The summed E-state index contributed by atoms with van der Waals surface area (Å²) in [6.07, 6.45) is 39.7. The Morgan fingerprint density at radius 3 is 0.622 bits per heavy atom. The second-order valence-corrected chi connectivity index (χ2v) is 12.5. The monoisotopic (exact) mass is 690 g/mol. The van der Waals surface area contributed by atoms with Crippen molar-refractivity contribution in [3.8, 4) is 0 Å². The van der Waals surface area contributed by atoms with Crippen LogP contribution in [0.25, 0.3) is 0 Å². The first-order valence-electron chi connectivity index (χ1n) is 18.7. The van der Waals surface area contributed by atoms with Crippen molar-refractivity contribution in [2.45, 2.75) is 219 Å². The molecular formula is C37H74N2O5Zn. The predicted octanol–water partition coefficient (Wildman–Crippen LogP) is 9.02. The maximum absolute atomic E-state index is 10.2. The van der Waals surface area contributed by atoms with Gasteiger partial charge in [0.25, 0.3) is 0 Å². The standard InChI is InChI=1S/2C18H36O2.CH4N2O.Zn/c2*1-2-3-4-5-6-7-8-9-10-11-12-13-14-15-16-17-18(19)20;2-1(3)4;/h2*2-17H2,1H3,(H,19,20);(H4,2,3,4);/q;;;+2/p-2. The summed E-state index contributed by atoms with van der Waals surface area (Å²) in [5, 5.41) is 20.4. The Morgan fingerprint density at radius 2 is 0.489 bits per heavy atom. The van der Waals surface area contributed by atoms with Gasteiger partial charge >= 0.3 is 25.5 Å². The molecule has 0 unspecified atom stereocenters. The van der Waals surface area contributed by atoms with Crippen molar-refractivity contribution in [1.82, 2.24) is 0 Å². The van der Waals surface area contributed by atoms with E-state index < -0.39 is 18.0 Å². The third-order valence-electron chi connectivity index (χ3n) is 7.97. The topological polar surface area (TPSA) is 149 Å². The van der Waals surface area contributed by atoms with Crippen LogP contribution in [0.2, 0.25) is 0 Å². The molecule has 0 heterocycles. The summed E-state index contributed by atoms with van der Waals surface area (Å²) in [7, 11) is 0. The Hall–Kier alpha value is -1.17. The molecule has 0 bridgehead atoms. The van der Waals surface area contributed by atoms with Gasteiger partial charge in [0, 0.05) is 11.9 Å². The van der Waals surface area contributed by atoms with E-state index in [0.29, 0.717) is 0 Å². The zero-order chi connectivity index (χ0) is 33.4. The van der Waals surface area contributed by atoms with Crippen molar-refractivity contribution in [1.29, 1.82) is 0 Å². The van der Waals surface area contributed by atoms with Crippen molar-refractivity contribution < 1.29 is 44.1 Å². The van der Waals surface area contributed by atoms with Crippen molar-refractivity contribution >= 4 is 18.0 Å². The number of hydrogen-bond donors (Lipinski definition) is 2. The van der Waals surface area contributed by atoms with E-state index in [1.807, 2.05) is 0 Å². The number of rotatable bonds is 32. The van der Waals surface area contributed by atoms with E-state index in [-0.39, 0.29) is 32.3 Å². The number of aliphatic carboxylic acids is 2. The van der Waals surface area contributed by atoms with E-state index in [0.717, 1.165) is 25.7 Å². The first-order valence-corrected chi connectivity index (χ1v) is 18.7. The van der Waals surface area contributed by atoms with E-state index in [1.54, 1.807) is 0 Å². The molecule has 0 aliphatic carbocycles. The van der Waals surface area contributed by atoms with Crippen LogP contribution < -0.4 is 21.7 Å². The third kappa shape index (κ3) is 66.2. The first kappa shape index (κ1) is 50.7. The van der Waals surface area contributed by atoms with E-state index >= 15 is 0 Å². The van der Waals surface area contributed by atoms with Crippen LogP contribution in [-0.4, -0.2) is 18.0 Å². The van der Waals surface area contributed by atoms with E-state index in [9.17, 15) is 19.8 Å². The molecule has 0 saturated heterocycles. The van der Waals surface area contributed by atoms with E-state index in [2.05, 4.69) is 25.3 Å². The number of carboxylic acid groups (broad SMARTS) is 2. The van der Waals surface area contributed by atoms with E-state index in [4.69, 9.17) is 4.79 Å². The minimum Gasteiger partial charge on any atom is -0.550 e. The minimum atomic E-state index is -0.903. The first-order chi connectivity index (χ1) is 21.3. The Labute approximate surface area is 292 Å². The third-order valence-corrected chi connectivity index (χ3v) is 7.97. The van der Waals surface area contributed by atoms with Crippen molar-refractivity contribution in [2.75, 3.05) is 0 Å². The SMILES string of the molecule is CCCCCCCCCCCCCCCCCC(=O)[O-].CCCCCCCCCCCCCCCCCC(=O)[O-].NC(N)=O.[Zn+2]. The fourth-order valence-electron chi connectivity index (χ4n) is 5.28. The number of urea groups is 1. The summed E-state index contributed by atoms with van der Waals surface area (Å²) in [5.74, 6) is -1.81. The van der Waals surface area contributed by atoms with Gasteiger partial charge in [-0.2, -0.15) is 0 Å². The zero-order valence-corrected chi connectivity index (χ0v) is 33.0. The van der Waals surface area contributed by atoms with Crippen molar-refractivity contribution in [3.05, 3.63) is 0 Å². The summed E-state index contributed by atoms with van der Waals surface area (Å²) >= 11 is 0. The molecule has 264 valence electrons. The molecule has 0 spiro atoms. The van der Waals surface area contributed by atoms with Crippen LogP contribution >= 0.6 is 0 Å². The van der Waals surface area contributed by atoms with Gasteiger partial charge in [-0.25, -0.2) is 4.79 Å². The number of nitrogens with two attached hydrogens (primary N) is 2. The van der Waals surface area contributed by atoms with Gasteiger partial charge in [0.15, 0.2) is 0 Å². The second-order valence-electron chi connectivity index (χ2n) is 12.5. The van der Waals surface area contributed by atoms with Gasteiger partial charge in [0.05, 0.1) is 0 Å². The van der Waals surface area contributed by atoms with Gasteiger partial charge in [0.1, 0.15) is 0 Å². The van der Waals surface area contributed by atoms with Gasteiger partial charge in [0.2, 0.25) is 0 Å². The fraction of sp³-hybridized carbons (Fsp3) is 0.919. The predicted molar refractivity (Wildman–Crippen MR) is 183 cm³/mol. The van der Waals surface area contributed by atoms with Crippen LogP contribution in [0.5, 0.6) is 0 Å². The summed E-state index contributed by atoms with van der Waals surface area (Å²) in [6, 6.07) is -0.833. The molecule has 7 nitrogen and oxygen atoms in total. The average molecular weight is 692 g/mol. The summed E-state index contributed by atoms with van der Waals surface area (Å²) in [4.78, 5) is 29.4. The van der Waals surface area contributed by atoms with Crippen LogP contribution in [0, 0.1) is 0 Å². The van der Waals surface area contributed by atoms with Crippen LogP contribution in [0.4, 0.5) is 4.79 Å². The average Bonchev–Trinajstić information content (AvgIpc) is 2.97. The van der Waals surface area contributed by atoms with Crippen LogP contribution in [0.15, 0.2) is 0 Å². The maximum Gasteiger partial charge on any atom is 2.00 e. The number of hydrogen-bond acceptors (Lipinski definition) is 5. The molecule has 0 aromatic heterocycles. The molecule has 0 saturated carbocycles. The fourth-order valence-corrected chi connectivity index (χ4v) is 5.28. The molecule has 0 fully saturated rings. The minimum absolute atomic E-state index is 0. The smallest absolute Gasteiger partial charge is 0.550 e. The Balaban J connectivity index is -0.000000327. The van der Waals surface area contributed by atoms with Gasteiger partial charge in [-0.15, -0.1) is 0 Å². The molecule has 0 rings (SSSR count). The number of primary amides is 2. The summed E-state index contributed by atoms with van der Waals surface area (Å²) in [6.45, 7) is 4.53. The normalized spacial score (nSPS) is 10.2. The van der Waals surface area contributed by atoms with Crippen LogP contribution in [-0.2, 0) is 29.1 Å². The molecular weight excluding hydrogens is 618 g/mol. The van der Waals surface area contributed by atoms with Gasteiger partial charge < -0.3 is 31.3 Å². The number of carbonyl (C=O) groups excluding carboxylic acids is 3. The number of carbonyl (C=O) groups is 3. The molecule has 0 aromatic rings. The molecule has 45 heavy (non-hydrogen) atoms. The molecule has 2 amide bonds. The molecule has 0 aromatic carbocycles. The number of amides is 2. The van der Waals surface area contributed by atoms with Crippen molar-refractivity contribution in [2.24, 2.45) is 11.5 Å². The quantitative estimate of drug-likeness (QED) is 0.0533. The van der Waals surface area contributed by atoms with Crippen molar-refractivity contribution in [3.63, 3.8) is 0 Å². The maximum atomic E-state index is 10.2. The van der Waals surface area contributed by atoms with Gasteiger partial charge in [-0.3, -0.25) is 0 Å². The van der Waals surface area contributed by atoms with Crippen LogP contribution in [0.1, 0.15) is 219 Å². The molecule has 0 radical (unpaired) electrons. The van der Waals surface area contributed by atoms with Gasteiger partial charge in [-0.1, -0.05) is 194 Å². The van der Waals surface area contributed by atoms with Gasteiger partial charge in [-0.05, 0) is 25.7 Å². The Morgan fingerprint density at radius 1 is 0.356 bits per heavy atom. The largest absolute Gasteiger partial charge is 2.00 e. The second kappa shape index (κ2) is 47.2.